The van der Waals surface area contributed by atoms with Crippen molar-refractivity contribution in [2.75, 3.05) is 4.90 Å². The highest BCUT2D eigenvalue weighted by atomic mass is 32.2. The van der Waals surface area contributed by atoms with Gasteiger partial charge in [-0.2, -0.15) is 0 Å². The van der Waals surface area contributed by atoms with Crippen LogP contribution in [-0.4, -0.2) is 22.1 Å². The Kier molecular flexibility index (Phi) is 6.19. The fourth-order valence-electron chi connectivity index (χ4n) is 3.57. The van der Waals surface area contributed by atoms with Gasteiger partial charge in [0.1, 0.15) is 5.82 Å². The Morgan fingerprint density at radius 2 is 1.78 bits per heavy atom. The zero-order valence-electron chi connectivity index (χ0n) is 17.8. The number of fused-ring (bicyclic) bond motifs is 2. The zero-order chi connectivity index (χ0) is 22.8. The summed E-state index contributed by atoms with van der Waals surface area (Å²) >= 11 is 0. The summed E-state index contributed by atoms with van der Waals surface area (Å²) in [4.78, 5) is 28.5. The van der Waals surface area contributed by atoms with Crippen molar-refractivity contribution in [3.63, 3.8) is 0 Å². The molecule has 1 aliphatic heterocycles. The molecule has 0 saturated heterocycles. The monoisotopic (exact) mass is 450 g/mol. The molecule has 0 saturated carbocycles. The van der Waals surface area contributed by atoms with Gasteiger partial charge in [-0.1, -0.05) is 37.3 Å². The van der Waals surface area contributed by atoms with Gasteiger partial charge in [0.25, 0.3) is 11.8 Å². The molecule has 3 aromatic carbocycles. The van der Waals surface area contributed by atoms with Gasteiger partial charge in [-0.3, -0.25) is 9.59 Å². The van der Waals surface area contributed by atoms with Crippen molar-refractivity contribution in [1.29, 1.82) is 0 Å². The molecule has 0 unspecified atom stereocenters. The van der Waals surface area contributed by atoms with Gasteiger partial charge in [-0.05, 0) is 49.7 Å². The molecule has 1 aliphatic rings. The van der Waals surface area contributed by atoms with Gasteiger partial charge in [-0.15, -0.1) is 0 Å². The number of anilines is 1. The van der Waals surface area contributed by atoms with Crippen LogP contribution in [0.2, 0.25) is 0 Å². The lowest BCUT2D eigenvalue weighted by Crippen LogP contribution is -2.33. The quantitative estimate of drug-likeness (QED) is 0.614. The van der Waals surface area contributed by atoms with Gasteiger partial charge in [0.05, 0.1) is 38.4 Å². The number of hydrogen-bond donors (Lipinski definition) is 1. The maximum absolute atomic E-state index is 14.4. The largest absolute Gasteiger partial charge is 0.350 e. The summed E-state index contributed by atoms with van der Waals surface area (Å²) in [7, 11) is -1.63. The van der Waals surface area contributed by atoms with E-state index in [9.17, 15) is 18.2 Å². The van der Waals surface area contributed by atoms with Crippen molar-refractivity contribution in [3.8, 4) is 0 Å². The first kappa shape index (κ1) is 21.9. The van der Waals surface area contributed by atoms with Crippen LogP contribution in [0.4, 0.5) is 10.1 Å². The Labute approximate surface area is 188 Å². The summed E-state index contributed by atoms with van der Waals surface area (Å²) < 4.78 is 27.9. The van der Waals surface area contributed by atoms with Gasteiger partial charge < -0.3 is 10.2 Å². The van der Waals surface area contributed by atoms with Crippen molar-refractivity contribution < 1.29 is 18.2 Å². The SMILES string of the molecule is CC[C@H](C)NC(=O)c1ccc2c(c1)N(Cc1ccccc1F)C(=O)c1ccccc1[S@@]2=O. The van der Waals surface area contributed by atoms with Crippen LogP contribution < -0.4 is 10.2 Å². The zero-order valence-corrected chi connectivity index (χ0v) is 18.6. The van der Waals surface area contributed by atoms with E-state index in [1.807, 2.05) is 13.8 Å². The Hall–Kier alpha value is -3.32. The molecule has 2 amide bonds. The highest BCUT2D eigenvalue weighted by Crippen LogP contribution is 2.36. The first-order chi connectivity index (χ1) is 15.4. The number of carbonyl (C=O) groups excluding carboxylic acids is 2. The lowest BCUT2D eigenvalue weighted by molar-refractivity contribution is 0.0936. The number of halogens is 1. The first-order valence-electron chi connectivity index (χ1n) is 10.4. The Morgan fingerprint density at radius 1 is 1.06 bits per heavy atom. The second-order valence-corrected chi connectivity index (χ2v) is 9.13. The second-order valence-electron chi connectivity index (χ2n) is 7.71. The predicted octanol–water partition coefficient (Wildman–Crippen LogP) is 4.68. The third-order valence-corrected chi connectivity index (χ3v) is 7.05. The molecular weight excluding hydrogens is 427 g/mol. The van der Waals surface area contributed by atoms with E-state index in [1.165, 1.54) is 11.0 Å². The standard InChI is InChI=1S/C25H23FN2O3S/c1-3-16(2)27-24(29)17-12-13-23-21(14-17)28(15-18-8-4-6-10-20(18)26)25(30)19-9-5-7-11-22(19)32(23)31/h4-14,16H,3,15H2,1-2H3,(H,27,29)/t16-,32-/m0/s1. The normalized spacial score (nSPS) is 16.0. The van der Waals surface area contributed by atoms with Crippen LogP contribution in [0, 0.1) is 5.82 Å². The van der Waals surface area contributed by atoms with E-state index in [1.54, 1.807) is 60.7 Å². The Morgan fingerprint density at radius 3 is 2.53 bits per heavy atom. The van der Waals surface area contributed by atoms with Crippen LogP contribution >= 0.6 is 0 Å². The maximum Gasteiger partial charge on any atom is 0.259 e. The van der Waals surface area contributed by atoms with Gasteiger partial charge >= 0.3 is 0 Å². The lowest BCUT2D eigenvalue weighted by Gasteiger charge is -2.24. The molecule has 4 rings (SSSR count). The van der Waals surface area contributed by atoms with E-state index >= 15 is 0 Å². The Bertz CT molecular complexity index is 1230. The molecule has 0 bridgehead atoms. The topological polar surface area (TPSA) is 66.5 Å². The average molecular weight is 451 g/mol. The molecule has 32 heavy (non-hydrogen) atoms. The summed E-state index contributed by atoms with van der Waals surface area (Å²) in [5.41, 5.74) is 1.30. The van der Waals surface area contributed by atoms with Crippen molar-refractivity contribution >= 4 is 28.3 Å². The van der Waals surface area contributed by atoms with Crippen LogP contribution in [0.3, 0.4) is 0 Å². The van der Waals surface area contributed by atoms with Crippen LogP contribution in [0.25, 0.3) is 0 Å². The fraction of sp³-hybridized carbons (Fsp3) is 0.200. The molecule has 164 valence electrons. The van der Waals surface area contributed by atoms with Gasteiger partial charge in [0, 0.05) is 17.2 Å². The molecule has 0 fully saturated rings. The molecule has 0 spiro atoms. The summed E-state index contributed by atoms with van der Waals surface area (Å²) in [6.07, 6.45) is 0.772. The van der Waals surface area contributed by atoms with Crippen LogP contribution in [-0.2, 0) is 17.3 Å². The van der Waals surface area contributed by atoms with Crippen molar-refractivity contribution in [3.05, 3.63) is 89.2 Å². The van der Waals surface area contributed by atoms with Gasteiger partial charge in [0.15, 0.2) is 0 Å². The third kappa shape index (κ3) is 4.08. The lowest BCUT2D eigenvalue weighted by atomic mass is 10.1. The molecule has 2 atom stereocenters. The van der Waals surface area contributed by atoms with E-state index in [4.69, 9.17) is 0 Å². The van der Waals surface area contributed by atoms with Crippen LogP contribution in [0.1, 0.15) is 46.5 Å². The smallest absolute Gasteiger partial charge is 0.259 e. The number of nitrogens with one attached hydrogen (secondary N) is 1. The summed E-state index contributed by atoms with van der Waals surface area (Å²) in [6, 6.07) is 17.7. The molecule has 1 heterocycles. The van der Waals surface area contributed by atoms with Crippen molar-refractivity contribution in [2.45, 2.75) is 42.6 Å². The summed E-state index contributed by atoms with van der Waals surface area (Å²) in [5, 5.41) is 2.90. The highest BCUT2D eigenvalue weighted by Gasteiger charge is 2.32. The predicted molar refractivity (Wildman–Crippen MR) is 122 cm³/mol. The number of hydrogen-bond acceptors (Lipinski definition) is 3. The van der Waals surface area contributed by atoms with E-state index in [0.29, 0.717) is 32.2 Å². The van der Waals surface area contributed by atoms with Gasteiger partial charge in [-0.25, -0.2) is 8.60 Å². The van der Waals surface area contributed by atoms with Crippen molar-refractivity contribution in [1.82, 2.24) is 5.32 Å². The van der Waals surface area contributed by atoms with E-state index in [0.717, 1.165) is 6.42 Å². The third-order valence-electron chi connectivity index (χ3n) is 5.55. The number of amides is 2. The number of nitrogens with zero attached hydrogens (tertiary/aromatic N) is 1. The highest BCUT2D eigenvalue weighted by molar-refractivity contribution is 7.85. The molecular formula is C25H23FN2O3S. The maximum atomic E-state index is 14.4. The summed E-state index contributed by atoms with van der Waals surface area (Å²) in [6.45, 7) is 3.82. The minimum absolute atomic E-state index is 0.0177. The number of carbonyl (C=O) groups is 2. The molecule has 5 nitrogen and oxygen atoms in total. The van der Waals surface area contributed by atoms with E-state index in [2.05, 4.69) is 5.32 Å². The minimum Gasteiger partial charge on any atom is -0.350 e. The molecule has 1 N–H and O–H groups in total. The number of benzene rings is 3. The minimum atomic E-state index is -1.63. The van der Waals surface area contributed by atoms with Crippen LogP contribution in [0.5, 0.6) is 0 Å². The Balaban J connectivity index is 1.86. The van der Waals surface area contributed by atoms with Crippen LogP contribution in [0.15, 0.2) is 76.5 Å². The average Bonchev–Trinajstić information content (AvgIpc) is 2.89. The molecule has 3 aromatic rings. The second kappa shape index (κ2) is 9.04. The van der Waals surface area contributed by atoms with E-state index < -0.39 is 22.5 Å². The summed E-state index contributed by atoms with van der Waals surface area (Å²) in [5.74, 6) is -1.12. The van der Waals surface area contributed by atoms with Crippen molar-refractivity contribution in [2.24, 2.45) is 0 Å². The fourth-order valence-corrected chi connectivity index (χ4v) is 4.91. The molecule has 0 aliphatic carbocycles. The van der Waals surface area contributed by atoms with Gasteiger partial charge in [0.2, 0.25) is 0 Å². The first-order valence-corrected chi connectivity index (χ1v) is 11.6. The molecule has 7 heteroatoms. The van der Waals surface area contributed by atoms with E-state index in [-0.39, 0.29) is 18.5 Å². The molecule has 0 aromatic heterocycles. The molecule has 0 radical (unpaired) electrons. The number of rotatable bonds is 5.